The Morgan fingerprint density at radius 2 is 2.25 bits per heavy atom. The molecule has 1 N–H and O–H groups in total. The number of aliphatic hydroxyl groups excluding tert-OH is 1. The standard InChI is InChI=1S/C11H9Br2NOS/c12-7-4-9(13)11(14-6-7)10(15)5-8-2-1-3-16-8/h1-4,6,10,15H,5H2. The van der Waals surface area contributed by atoms with E-state index >= 15 is 0 Å². The zero-order chi connectivity index (χ0) is 11.5. The van der Waals surface area contributed by atoms with Crippen molar-refractivity contribution in [2.75, 3.05) is 0 Å². The lowest BCUT2D eigenvalue weighted by Gasteiger charge is -2.10. The third-order valence-corrected chi connectivity index (χ3v) is 4.09. The van der Waals surface area contributed by atoms with Crippen LogP contribution in [0.15, 0.2) is 38.7 Å². The molecule has 5 heteroatoms. The predicted octanol–water partition coefficient (Wildman–Crippen LogP) is 3.94. The second kappa shape index (κ2) is 5.40. The molecule has 0 aliphatic carbocycles. The lowest BCUT2D eigenvalue weighted by Crippen LogP contribution is -2.04. The Morgan fingerprint density at radius 3 is 2.88 bits per heavy atom. The van der Waals surface area contributed by atoms with Gasteiger partial charge in [0.25, 0.3) is 0 Å². The van der Waals surface area contributed by atoms with Gasteiger partial charge in [0.1, 0.15) is 6.10 Å². The fraction of sp³-hybridized carbons (Fsp3) is 0.182. The van der Waals surface area contributed by atoms with Crippen molar-refractivity contribution >= 4 is 43.2 Å². The number of hydrogen-bond donors (Lipinski definition) is 1. The molecule has 2 heterocycles. The van der Waals surface area contributed by atoms with E-state index in [9.17, 15) is 5.11 Å². The smallest absolute Gasteiger partial charge is 0.102 e. The molecule has 16 heavy (non-hydrogen) atoms. The Hall–Kier alpha value is -0.230. The second-order valence-corrected chi connectivity index (χ2v) is 6.12. The zero-order valence-corrected chi connectivity index (χ0v) is 12.2. The Bertz CT molecular complexity index is 473. The molecule has 0 aliphatic rings. The van der Waals surface area contributed by atoms with E-state index in [-0.39, 0.29) is 0 Å². The maximum absolute atomic E-state index is 10.1. The first-order valence-electron chi connectivity index (χ1n) is 4.68. The van der Waals surface area contributed by atoms with Crippen LogP contribution in [0.2, 0.25) is 0 Å². The van der Waals surface area contributed by atoms with Crippen molar-refractivity contribution in [3.8, 4) is 0 Å². The molecule has 0 aliphatic heterocycles. The Labute approximate surface area is 115 Å². The monoisotopic (exact) mass is 361 g/mol. The number of rotatable bonds is 3. The average Bonchev–Trinajstić information content (AvgIpc) is 2.70. The van der Waals surface area contributed by atoms with Crippen LogP contribution in [0.3, 0.4) is 0 Å². The van der Waals surface area contributed by atoms with Crippen LogP contribution in [-0.4, -0.2) is 10.1 Å². The van der Waals surface area contributed by atoms with E-state index in [4.69, 9.17) is 0 Å². The van der Waals surface area contributed by atoms with Crippen LogP contribution in [0, 0.1) is 0 Å². The normalized spacial score (nSPS) is 12.7. The van der Waals surface area contributed by atoms with Gasteiger partial charge in [-0.3, -0.25) is 4.98 Å². The molecule has 1 unspecified atom stereocenters. The first kappa shape index (κ1) is 12.2. The maximum atomic E-state index is 10.1. The summed E-state index contributed by atoms with van der Waals surface area (Å²) < 4.78 is 1.72. The van der Waals surface area contributed by atoms with Crippen molar-refractivity contribution in [1.82, 2.24) is 4.98 Å². The van der Waals surface area contributed by atoms with Gasteiger partial charge in [0.05, 0.1) is 5.69 Å². The van der Waals surface area contributed by atoms with Crippen LogP contribution in [0.25, 0.3) is 0 Å². The van der Waals surface area contributed by atoms with Crippen molar-refractivity contribution in [3.63, 3.8) is 0 Å². The summed E-state index contributed by atoms with van der Waals surface area (Å²) in [6, 6.07) is 5.89. The van der Waals surface area contributed by atoms with E-state index in [1.807, 2.05) is 23.6 Å². The summed E-state index contributed by atoms with van der Waals surface area (Å²) in [4.78, 5) is 5.38. The van der Waals surface area contributed by atoms with E-state index < -0.39 is 6.10 Å². The van der Waals surface area contributed by atoms with Crippen LogP contribution in [0.1, 0.15) is 16.7 Å². The first-order valence-corrected chi connectivity index (χ1v) is 7.15. The van der Waals surface area contributed by atoms with Gasteiger partial charge in [-0.1, -0.05) is 6.07 Å². The van der Waals surface area contributed by atoms with Gasteiger partial charge in [-0.15, -0.1) is 11.3 Å². The molecule has 1 atom stereocenters. The number of thiophene rings is 1. The molecule has 2 rings (SSSR count). The Kier molecular flexibility index (Phi) is 4.13. The van der Waals surface area contributed by atoms with E-state index in [1.54, 1.807) is 17.5 Å². The van der Waals surface area contributed by atoms with Gasteiger partial charge in [-0.25, -0.2) is 0 Å². The molecule has 0 radical (unpaired) electrons. The number of halogens is 2. The predicted molar refractivity (Wildman–Crippen MR) is 72.6 cm³/mol. The fourth-order valence-corrected chi connectivity index (χ4v) is 3.38. The van der Waals surface area contributed by atoms with Crippen LogP contribution in [0.4, 0.5) is 0 Å². The average molecular weight is 363 g/mol. The molecule has 0 aromatic carbocycles. The third-order valence-electron chi connectivity index (χ3n) is 2.13. The van der Waals surface area contributed by atoms with Gasteiger partial charge in [0, 0.05) is 26.4 Å². The van der Waals surface area contributed by atoms with Gasteiger partial charge >= 0.3 is 0 Å². The van der Waals surface area contributed by atoms with Crippen molar-refractivity contribution in [1.29, 1.82) is 0 Å². The summed E-state index contributed by atoms with van der Waals surface area (Å²) in [5.41, 5.74) is 0.677. The van der Waals surface area contributed by atoms with Crippen molar-refractivity contribution in [2.45, 2.75) is 12.5 Å². The molecule has 2 aromatic heterocycles. The fourth-order valence-electron chi connectivity index (χ4n) is 1.39. The van der Waals surface area contributed by atoms with Gasteiger partial charge in [0.15, 0.2) is 0 Å². The molecule has 0 bridgehead atoms. The number of pyridine rings is 1. The van der Waals surface area contributed by atoms with Gasteiger partial charge < -0.3 is 5.11 Å². The number of aromatic nitrogens is 1. The molecule has 0 fully saturated rings. The van der Waals surface area contributed by atoms with Crippen LogP contribution in [-0.2, 0) is 6.42 Å². The van der Waals surface area contributed by atoms with Crippen LogP contribution >= 0.6 is 43.2 Å². The highest BCUT2D eigenvalue weighted by Crippen LogP contribution is 2.27. The van der Waals surface area contributed by atoms with Crippen molar-refractivity contribution in [2.24, 2.45) is 0 Å². The zero-order valence-electron chi connectivity index (χ0n) is 8.23. The van der Waals surface area contributed by atoms with E-state index in [2.05, 4.69) is 36.8 Å². The minimum Gasteiger partial charge on any atom is -0.386 e. The summed E-state index contributed by atoms with van der Waals surface area (Å²) in [7, 11) is 0. The minimum absolute atomic E-state index is 0.568. The van der Waals surface area contributed by atoms with Crippen molar-refractivity contribution < 1.29 is 5.11 Å². The highest BCUT2D eigenvalue weighted by molar-refractivity contribution is 9.11. The van der Waals surface area contributed by atoms with Gasteiger partial charge in [0.2, 0.25) is 0 Å². The van der Waals surface area contributed by atoms with E-state index in [0.29, 0.717) is 12.1 Å². The van der Waals surface area contributed by atoms with Crippen molar-refractivity contribution in [3.05, 3.63) is 49.3 Å². The number of nitrogens with zero attached hydrogens (tertiary/aromatic N) is 1. The Balaban J connectivity index is 2.17. The third kappa shape index (κ3) is 2.91. The summed E-state index contributed by atoms with van der Waals surface area (Å²) >= 11 is 8.38. The largest absolute Gasteiger partial charge is 0.386 e. The van der Waals surface area contributed by atoms with Gasteiger partial charge in [-0.2, -0.15) is 0 Å². The molecule has 0 saturated heterocycles. The lowest BCUT2D eigenvalue weighted by molar-refractivity contribution is 0.173. The second-order valence-electron chi connectivity index (χ2n) is 3.32. The molecular formula is C11H9Br2NOS. The SMILES string of the molecule is OC(Cc1cccs1)c1ncc(Br)cc1Br. The summed E-state index contributed by atoms with van der Waals surface area (Å²) in [6.45, 7) is 0. The maximum Gasteiger partial charge on any atom is 0.102 e. The molecule has 0 spiro atoms. The van der Waals surface area contributed by atoms with Gasteiger partial charge in [-0.05, 0) is 49.4 Å². The Morgan fingerprint density at radius 1 is 1.44 bits per heavy atom. The number of hydrogen-bond acceptors (Lipinski definition) is 3. The number of aliphatic hydroxyl groups is 1. The van der Waals surface area contributed by atoms with Crippen LogP contribution < -0.4 is 0 Å². The quantitative estimate of drug-likeness (QED) is 0.896. The first-order chi connectivity index (χ1) is 7.66. The molecule has 2 nitrogen and oxygen atoms in total. The molecule has 0 amide bonds. The molecule has 84 valence electrons. The summed E-state index contributed by atoms with van der Waals surface area (Å²) in [5.74, 6) is 0. The molecule has 0 saturated carbocycles. The summed E-state index contributed by atoms with van der Waals surface area (Å²) in [6.07, 6.45) is 1.73. The molecule has 2 aromatic rings. The van der Waals surface area contributed by atoms with Crippen LogP contribution in [0.5, 0.6) is 0 Å². The highest BCUT2D eigenvalue weighted by atomic mass is 79.9. The lowest BCUT2D eigenvalue weighted by atomic mass is 10.1. The van der Waals surface area contributed by atoms with E-state index in [0.717, 1.165) is 13.8 Å². The summed E-state index contributed by atoms with van der Waals surface area (Å²) in [5, 5.41) is 12.1. The van der Waals surface area contributed by atoms with E-state index in [1.165, 1.54) is 0 Å². The topological polar surface area (TPSA) is 33.1 Å². The molecular weight excluding hydrogens is 354 g/mol. The highest BCUT2D eigenvalue weighted by Gasteiger charge is 2.14. The minimum atomic E-state index is -0.568.